The summed E-state index contributed by atoms with van der Waals surface area (Å²) < 4.78 is 28.3. The summed E-state index contributed by atoms with van der Waals surface area (Å²) in [5.41, 5.74) is -0.161. The number of nitrogens with zero attached hydrogens (tertiary/aromatic N) is 1. The molecule has 1 aromatic carbocycles. The quantitative estimate of drug-likeness (QED) is 0.733. The number of ether oxygens (including phenoxy) is 4. The maximum Gasteiger partial charge on any atom is 0.289 e. The lowest BCUT2D eigenvalue weighted by Gasteiger charge is -2.26. The van der Waals surface area contributed by atoms with Crippen LogP contribution in [0.4, 0.5) is 0 Å². The van der Waals surface area contributed by atoms with Crippen LogP contribution in [0.2, 0.25) is 0 Å². The van der Waals surface area contributed by atoms with Gasteiger partial charge in [-0.2, -0.15) is 0 Å². The highest BCUT2D eigenvalue weighted by Crippen LogP contribution is 2.42. The van der Waals surface area contributed by atoms with Gasteiger partial charge < -0.3 is 28.5 Å². The molecule has 0 radical (unpaired) electrons. The molecule has 2 fully saturated rings. The van der Waals surface area contributed by atoms with Crippen LogP contribution in [0.15, 0.2) is 21.3 Å². The smallest absolute Gasteiger partial charge is 0.289 e. The summed E-state index contributed by atoms with van der Waals surface area (Å²) in [6, 6.07) is 2.87. The maximum absolute atomic E-state index is 12.6. The van der Waals surface area contributed by atoms with E-state index in [1.807, 2.05) is 0 Å². The van der Waals surface area contributed by atoms with Crippen LogP contribution in [0.25, 0.3) is 11.0 Å². The molecular formula is C22H29NO7. The topological polar surface area (TPSA) is 90.6 Å². The van der Waals surface area contributed by atoms with Crippen LogP contribution in [-0.4, -0.2) is 62.7 Å². The van der Waals surface area contributed by atoms with Crippen molar-refractivity contribution >= 4 is 11.0 Å². The normalized spacial score (nSPS) is 18.4. The number of morpholine rings is 1. The minimum Gasteiger partial charge on any atom is -0.504 e. The first-order valence-electron chi connectivity index (χ1n) is 10.6. The number of aromatic hydroxyl groups is 1. The van der Waals surface area contributed by atoms with E-state index in [-0.39, 0.29) is 39.9 Å². The molecule has 2 heterocycles. The van der Waals surface area contributed by atoms with Gasteiger partial charge in [0.2, 0.25) is 11.2 Å². The van der Waals surface area contributed by atoms with E-state index < -0.39 is 0 Å². The van der Waals surface area contributed by atoms with E-state index in [9.17, 15) is 9.90 Å². The zero-order chi connectivity index (χ0) is 20.9. The molecule has 0 spiro atoms. The molecule has 164 valence electrons. The second kappa shape index (κ2) is 9.57. The Bertz CT molecular complexity index is 914. The molecule has 8 nitrogen and oxygen atoms in total. The molecule has 0 amide bonds. The van der Waals surface area contributed by atoms with Gasteiger partial charge in [-0.25, -0.2) is 0 Å². The van der Waals surface area contributed by atoms with Crippen LogP contribution >= 0.6 is 0 Å². The summed E-state index contributed by atoms with van der Waals surface area (Å²) in [6.45, 7) is 4.29. The zero-order valence-corrected chi connectivity index (χ0v) is 17.4. The maximum atomic E-state index is 12.6. The Morgan fingerprint density at radius 1 is 1.17 bits per heavy atom. The lowest BCUT2D eigenvalue weighted by atomic mass is 9.98. The third-order valence-corrected chi connectivity index (χ3v) is 5.70. The summed E-state index contributed by atoms with van der Waals surface area (Å²) >= 11 is 0. The van der Waals surface area contributed by atoms with Gasteiger partial charge in [0, 0.05) is 25.7 Å². The van der Waals surface area contributed by atoms with E-state index in [1.165, 1.54) is 19.6 Å². The standard InChI is InChI=1S/C22H29NO7/c1-26-22-18(28-12-9-23-7-10-27-11-8-23)14-17-20(21(22)25)16(24)13-19(30-17)29-15-5-3-2-4-6-15/h13-15,25H,2-12H2,1H3. The number of methoxy groups -OCH3 is 1. The number of rotatable bonds is 7. The first-order chi connectivity index (χ1) is 14.7. The van der Waals surface area contributed by atoms with Crippen molar-refractivity contribution in [1.82, 2.24) is 4.90 Å². The van der Waals surface area contributed by atoms with E-state index in [0.717, 1.165) is 58.5 Å². The first-order valence-corrected chi connectivity index (χ1v) is 10.6. The minimum absolute atomic E-state index is 0.0513. The fraction of sp³-hybridized carbons (Fsp3) is 0.591. The number of hydrogen-bond donors (Lipinski definition) is 1. The predicted octanol–water partition coefficient (Wildman–Crippen LogP) is 2.93. The van der Waals surface area contributed by atoms with Gasteiger partial charge in [-0.3, -0.25) is 9.69 Å². The van der Waals surface area contributed by atoms with E-state index in [2.05, 4.69) is 4.90 Å². The Hall–Kier alpha value is -2.45. The molecule has 2 aromatic rings. The predicted molar refractivity (Wildman–Crippen MR) is 111 cm³/mol. The van der Waals surface area contributed by atoms with Gasteiger partial charge in [0.05, 0.1) is 26.4 Å². The molecule has 0 bridgehead atoms. The van der Waals surface area contributed by atoms with Gasteiger partial charge in [-0.05, 0) is 25.7 Å². The number of hydrogen-bond acceptors (Lipinski definition) is 8. The highest BCUT2D eigenvalue weighted by molar-refractivity contribution is 5.88. The summed E-state index contributed by atoms with van der Waals surface area (Å²) in [5.74, 6) is 0.337. The second-order valence-electron chi connectivity index (χ2n) is 7.74. The van der Waals surface area contributed by atoms with Gasteiger partial charge >= 0.3 is 0 Å². The number of phenols is 1. The fourth-order valence-corrected chi connectivity index (χ4v) is 4.06. The molecule has 8 heteroatoms. The van der Waals surface area contributed by atoms with Gasteiger partial charge in [0.1, 0.15) is 23.7 Å². The molecule has 2 aliphatic rings. The Kier molecular flexibility index (Phi) is 6.64. The number of phenolic OH excluding ortho intramolecular Hbond substituents is 1. The van der Waals surface area contributed by atoms with Crippen LogP contribution in [0.3, 0.4) is 0 Å². The summed E-state index contributed by atoms with van der Waals surface area (Å²) in [4.78, 5) is 14.9. The zero-order valence-electron chi connectivity index (χ0n) is 17.4. The van der Waals surface area contributed by atoms with Crippen molar-refractivity contribution in [3.05, 3.63) is 22.4 Å². The van der Waals surface area contributed by atoms with Crippen molar-refractivity contribution in [2.24, 2.45) is 0 Å². The molecular weight excluding hydrogens is 390 g/mol. The highest BCUT2D eigenvalue weighted by atomic mass is 16.6. The fourth-order valence-electron chi connectivity index (χ4n) is 4.06. The van der Waals surface area contributed by atoms with Crippen molar-refractivity contribution in [1.29, 1.82) is 0 Å². The summed E-state index contributed by atoms with van der Waals surface area (Å²) in [6.07, 6.45) is 5.39. The number of fused-ring (bicyclic) bond motifs is 1. The van der Waals surface area contributed by atoms with E-state index in [1.54, 1.807) is 6.07 Å². The van der Waals surface area contributed by atoms with Crippen molar-refractivity contribution in [2.45, 2.75) is 38.2 Å². The van der Waals surface area contributed by atoms with Crippen LogP contribution in [0.1, 0.15) is 32.1 Å². The van der Waals surface area contributed by atoms with Gasteiger partial charge in [0.25, 0.3) is 5.95 Å². The first kappa shape index (κ1) is 20.8. The SMILES string of the molecule is COc1c(OCCN2CCOCC2)cc2oc(OC3CCCCC3)cc(=O)c2c1O. The average Bonchev–Trinajstić information content (AvgIpc) is 2.75. The van der Waals surface area contributed by atoms with E-state index in [0.29, 0.717) is 12.4 Å². The average molecular weight is 419 g/mol. The third-order valence-electron chi connectivity index (χ3n) is 5.70. The van der Waals surface area contributed by atoms with Crippen LogP contribution in [-0.2, 0) is 4.74 Å². The molecule has 1 saturated heterocycles. The monoisotopic (exact) mass is 419 g/mol. The molecule has 1 N–H and O–H groups in total. The van der Waals surface area contributed by atoms with Crippen molar-refractivity contribution < 1.29 is 28.5 Å². The Balaban J connectivity index is 1.56. The molecule has 0 unspecified atom stereocenters. The minimum atomic E-state index is -0.377. The van der Waals surface area contributed by atoms with Crippen LogP contribution < -0.4 is 19.6 Å². The largest absolute Gasteiger partial charge is 0.504 e. The lowest BCUT2D eigenvalue weighted by Crippen LogP contribution is -2.38. The lowest BCUT2D eigenvalue weighted by molar-refractivity contribution is 0.0321. The van der Waals surface area contributed by atoms with Crippen molar-refractivity contribution in [3.8, 4) is 23.2 Å². The molecule has 30 heavy (non-hydrogen) atoms. The highest BCUT2D eigenvalue weighted by Gasteiger charge is 2.22. The van der Waals surface area contributed by atoms with Crippen molar-refractivity contribution in [3.63, 3.8) is 0 Å². The second-order valence-corrected chi connectivity index (χ2v) is 7.74. The number of benzene rings is 1. The molecule has 4 rings (SSSR count). The van der Waals surface area contributed by atoms with Crippen molar-refractivity contribution in [2.75, 3.05) is 46.6 Å². The van der Waals surface area contributed by atoms with Crippen LogP contribution in [0.5, 0.6) is 23.2 Å². The van der Waals surface area contributed by atoms with E-state index >= 15 is 0 Å². The Morgan fingerprint density at radius 3 is 2.67 bits per heavy atom. The van der Waals surface area contributed by atoms with Crippen LogP contribution in [0, 0.1) is 0 Å². The van der Waals surface area contributed by atoms with E-state index in [4.69, 9.17) is 23.4 Å². The molecule has 0 atom stereocenters. The molecule has 1 saturated carbocycles. The Labute approximate surface area is 175 Å². The molecule has 1 aromatic heterocycles. The molecule has 1 aliphatic heterocycles. The van der Waals surface area contributed by atoms with Gasteiger partial charge in [-0.1, -0.05) is 6.42 Å². The third kappa shape index (κ3) is 4.65. The Morgan fingerprint density at radius 2 is 1.93 bits per heavy atom. The van der Waals surface area contributed by atoms with Gasteiger partial charge in [0.15, 0.2) is 11.5 Å². The summed E-state index contributed by atoms with van der Waals surface area (Å²) in [7, 11) is 1.43. The summed E-state index contributed by atoms with van der Waals surface area (Å²) in [5, 5.41) is 10.7. The molecule has 1 aliphatic carbocycles. The van der Waals surface area contributed by atoms with Gasteiger partial charge in [-0.15, -0.1) is 0 Å².